The molecule has 5 atom stereocenters. The van der Waals surface area contributed by atoms with Crippen molar-refractivity contribution in [2.24, 2.45) is 5.92 Å². The topological polar surface area (TPSA) is 93.0 Å². The molecule has 0 aromatic rings. The van der Waals surface area contributed by atoms with E-state index >= 15 is 0 Å². The third kappa shape index (κ3) is 0.705. The van der Waals surface area contributed by atoms with E-state index in [-0.39, 0.29) is 12.5 Å². The lowest BCUT2D eigenvalue weighted by molar-refractivity contribution is -0.0502. The van der Waals surface area contributed by atoms with Crippen LogP contribution in [0.3, 0.4) is 0 Å². The summed E-state index contributed by atoms with van der Waals surface area (Å²) in [4.78, 5) is 0. The fourth-order valence-corrected chi connectivity index (χ4v) is 2.27. The van der Waals surface area contributed by atoms with Gasteiger partial charge in [-0.05, 0) is 0 Å². The maximum absolute atomic E-state index is 9.58. The van der Waals surface area contributed by atoms with Crippen LogP contribution >= 0.6 is 0 Å². The quantitative estimate of drug-likeness (QED) is 0.293. The summed E-state index contributed by atoms with van der Waals surface area (Å²) < 4.78 is 0. The van der Waals surface area contributed by atoms with Crippen molar-refractivity contribution in [3.8, 4) is 0 Å². The Balaban J connectivity index is 2.32. The highest BCUT2D eigenvalue weighted by molar-refractivity contribution is 5.19. The van der Waals surface area contributed by atoms with E-state index in [4.69, 9.17) is 5.11 Å². The number of hydrogen-bond acceptors (Lipinski definition) is 5. The lowest BCUT2D eigenvalue weighted by atomic mass is 9.95. The van der Waals surface area contributed by atoms with Gasteiger partial charge in [0.15, 0.2) is 0 Å². The summed E-state index contributed by atoms with van der Waals surface area (Å²) in [7, 11) is 0. The van der Waals surface area contributed by atoms with E-state index in [0.29, 0.717) is 6.54 Å². The van der Waals surface area contributed by atoms with Crippen LogP contribution in [0.15, 0.2) is 0 Å². The molecular formula is C7H13NO4. The molecule has 2 rings (SSSR count). The van der Waals surface area contributed by atoms with Crippen molar-refractivity contribution in [2.75, 3.05) is 13.2 Å². The average Bonchev–Trinajstić information content (AvgIpc) is 2.48. The summed E-state index contributed by atoms with van der Waals surface area (Å²) in [5.41, 5.74) is -1.09. The minimum Gasteiger partial charge on any atom is -0.394 e. The lowest BCUT2D eigenvalue weighted by Crippen LogP contribution is -2.60. The van der Waals surface area contributed by atoms with Crippen LogP contribution in [0.2, 0.25) is 0 Å². The van der Waals surface area contributed by atoms with Crippen molar-refractivity contribution in [1.29, 1.82) is 0 Å². The predicted molar refractivity (Wildman–Crippen MR) is 39.3 cm³/mol. The monoisotopic (exact) mass is 175 g/mol. The molecule has 2 fully saturated rings. The zero-order valence-corrected chi connectivity index (χ0v) is 6.51. The van der Waals surface area contributed by atoms with Gasteiger partial charge in [0.2, 0.25) is 0 Å². The first-order valence-corrected chi connectivity index (χ1v) is 4.03. The Morgan fingerprint density at radius 1 is 1.25 bits per heavy atom. The van der Waals surface area contributed by atoms with Gasteiger partial charge in [-0.15, -0.1) is 0 Å². The van der Waals surface area contributed by atoms with Crippen molar-refractivity contribution in [1.82, 2.24) is 5.32 Å². The molecule has 1 saturated carbocycles. The molecule has 0 aromatic carbocycles. The van der Waals surface area contributed by atoms with E-state index in [0.717, 1.165) is 0 Å². The molecule has 0 aromatic heterocycles. The van der Waals surface area contributed by atoms with Gasteiger partial charge in [-0.25, -0.2) is 0 Å². The molecule has 1 heterocycles. The highest BCUT2D eigenvalue weighted by Crippen LogP contribution is 2.40. The summed E-state index contributed by atoms with van der Waals surface area (Å²) in [6, 6.07) is 0. The van der Waals surface area contributed by atoms with Crippen molar-refractivity contribution in [3.63, 3.8) is 0 Å². The molecule has 5 N–H and O–H groups in total. The van der Waals surface area contributed by atoms with Crippen LogP contribution in [0.5, 0.6) is 0 Å². The molecule has 0 radical (unpaired) electrons. The summed E-state index contributed by atoms with van der Waals surface area (Å²) in [6.45, 7) is 0.0862. The predicted octanol–water partition coefficient (Wildman–Crippen LogP) is -2.97. The van der Waals surface area contributed by atoms with Gasteiger partial charge < -0.3 is 25.7 Å². The standard InChI is InChI=1S/C7H13NO4/c9-2-7-5(11)3(1-8-7)4(10)6(7)12/h3-6,8-12H,1-2H2. The van der Waals surface area contributed by atoms with Crippen LogP contribution in [0.4, 0.5) is 0 Å². The number of aliphatic hydroxyl groups excluding tert-OH is 4. The highest BCUT2D eigenvalue weighted by Gasteiger charge is 2.63. The number of nitrogens with one attached hydrogen (secondary N) is 1. The first-order valence-electron chi connectivity index (χ1n) is 4.03. The lowest BCUT2D eigenvalue weighted by Gasteiger charge is -2.33. The summed E-state index contributed by atoms with van der Waals surface area (Å²) in [6.07, 6.45) is -2.85. The molecule has 2 bridgehead atoms. The molecule has 12 heavy (non-hydrogen) atoms. The molecule has 1 aliphatic carbocycles. The van der Waals surface area contributed by atoms with Crippen LogP contribution < -0.4 is 5.32 Å². The molecule has 1 aliphatic heterocycles. The summed E-state index contributed by atoms with van der Waals surface area (Å²) in [5, 5.41) is 40.3. The third-order valence-corrected chi connectivity index (χ3v) is 3.15. The molecule has 1 saturated heterocycles. The van der Waals surface area contributed by atoms with Crippen LogP contribution in [0.1, 0.15) is 0 Å². The molecule has 2 aliphatic rings. The molecule has 5 nitrogen and oxygen atoms in total. The third-order valence-electron chi connectivity index (χ3n) is 3.15. The van der Waals surface area contributed by atoms with Gasteiger partial charge in [-0.1, -0.05) is 0 Å². The van der Waals surface area contributed by atoms with Gasteiger partial charge in [0.1, 0.15) is 6.10 Å². The molecule has 5 heteroatoms. The Morgan fingerprint density at radius 2 is 1.92 bits per heavy atom. The number of aliphatic hydroxyl groups is 4. The zero-order chi connectivity index (χ0) is 8.93. The normalized spacial score (nSPS) is 58.0. The van der Waals surface area contributed by atoms with Gasteiger partial charge >= 0.3 is 0 Å². The Kier molecular flexibility index (Phi) is 1.68. The minimum absolute atomic E-state index is 0.354. The molecule has 70 valence electrons. The van der Waals surface area contributed by atoms with Crippen LogP contribution in [0.25, 0.3) is 0 Å². The van der Waals surface area contributed by atoms with Gasteiger partial charge in [0.05, 0.1) is 24.4 Å². The van der Waals surface area contributed by atoms with Crippen LogP contribution in [-0.2, 0) is 0 Å². The largest absolute Gasteiger partial charge is 0.394 e. The SMILES string of the molecule is OCC12NCC(C(O)C1O)C2O. The van der Waals surface area contributed by atoms with E-state index in [1.807, 2.05) is 0 Å². The van der Waals surface area contributed by atoms with Crippen LogP contribution in [0, 0.1) is 5.92 Å². The Morgan fingerprint density at radius 3 is 2.25 bits per heavy atom. The van der Waals surface area contributed by atoms with E-state index in [2.05, 4.69) is 5.32 Å². The number of rotatable bonds is 1. The highest BCUT2D eigenvalue weighted by atomic mass is 16.4. The second kappa shape index (κ2) is 2.40. The van der Waals surface area contributed by atoms with Crippen molar-refractivity contribution >= 4 is 0 Å². The van der Waals surface area contributed by atoms with Gasteiger partial charge in [0.25, 0.3) is 0 Å². The minimum atomic E-state index is -1.09. The number of fused-ring (bicyclic) bond motifs is 2. The summed E-state index contributed by atoms with van der Waals surface area (Å²) in [5.74, 6) is -0.354. The Hall–Kier alpha value is -0.200. The number of hydrogen-bond donors (Lipinski definition) is 5. The second-order valence-corrected chi connectivity index (χ2v) is 3.62. The molecule has 0 spiro atoms. The van der Waals surface area contributed by atoms with Crippen molar-refractivity contribution < 1.29 is 20.4 Å². The van der Waals surface area contributed by atoms with E-state index < -0.39 is 23.9 Å². The van der Waals surface area contributed by atoms with Crippen molar-refractivity contribution in [3.05, 3.63) is 0 Å². The van der Waals surface area contributed by atoms with E-state index in [1.54, 1.807) is 0 Å². The maximum Gasteiger partial charge on any atom is 0.103 e. The first kappa shape index (κ1) is 8.40. The van der Waals surface area contributed by atoms with Gasteiger partial charge in [-0.2, -0.15) is 0 Å². The Bertz CT molecular complexity index is 194. The first-order chi connectivity index (χ1) is 5.63. The average molecular weight is 175 g/mol. The van der Waals surface area contributed by atoms with Crippen LogP contribution in [-0.4, -0.2) is 57.4 Å². The molecule has 0 amide bonds. The second-order valence-electron chi connectivity index (χ2n) is 3.62. The van der Waals surface area contributed by atoms with Gasteiger partial charge in [0, 0.05) is 12.5 Å². The van der Waals surface area contributed by atoms with E-state index in [1.165, 1.54) is 0 Å². The smallest absolute Gasteiger partial charge is 0.103 e. The maximum atomic E-state index is 9.58. The molecular weight excluding hydrogens is 162 g/mol. The fourth-order valence-electron chi connectivity index (χ4n) is 2.27. The molecule has 5 unspecified atom stereocenters. The van der Waals surface area contributed by atoms with Gasteiger partial charge in [-0.3, -0.25) is 0 Å². The Labute approximate surface area is 69.6 Å². The van der Waals surface area contributed by atoms with E-state index in [9.17, 15) is 15.3 Å². The number of piperidine rings is 1. The zero-order valence-electron chi connectivity index (χ0n) is 6.51. The fraction of sp³-hybridized carbons (Fsp3) is 1.00. The summed E-state index contributed by atoms with van der Waals surface area (Å²) >= 11 is 0. The van der Waals surface area contributed by atoms with Crippen molar-refractivity contribution in [2.45, 2.75) is 23.9 Å².